The van der Waals surface area contributed by atoms with E-state index >= 15 is 0 Å². The summed E-state index contributed by atoms with van der Waals surface area (Å²) in [7, 11) is 1.83. The van der Waals surface area contributed by atoms with Gasteiger partial charge < -0.3 is 15.1 Å². The minimum absolute atomic E-state index is 0.0376. The molecule has 2 aliphatic heterocycles. The van der Waals surface area contributed by atoms with Crippen molar-refractivity contribution in [2.75, 3.05) is 36.9 Å². The molecule has 2 aromatic rings. The normalized spacial score (nSPS) is 24.7. The molecular weight excluding hydrogens is 333 g/mol. The van der Waals surface area contributed by atoms with Crippen molar-refractivity contribution in [2.24, 2.45) is 11.8 Å². The van der Waals surface area contributed by atoms with Crippen LogP contribution in [0.15, 0.2) is 36.7 Å². The molecule has 136 valence electrons. The molecule has 0 unspecified atom stereocenters. The number of nitrogens with one attached hydrogen (secondary N) is 1. The first-order valence-electron chi connectivity index (χ1n) is 8.85. The molecule has 7 heteroatoms. The highest BCUT2D eigenvalue weighted by Gasteiger charge is 2.49. The predicted molar refractivity (Wildman–Crippen MR) is 97.3 cm³/mol. The number of likely N-dealkylation sites (tertiary alicyclic amines) is 1. The van der Waals surface area contributed by atoms with E-state index in [2.05, 4.69) is 20.2 Å². The SMILES string of the molecule is CNc1nccnc1N1C[C@@H]2CN(C(C)=O)[C@@H](c3cccc(F)c3)[C@@H]2C1. The van der Waals surface area contributed by atoms with Crippen molar-refractivity contribution in [1.29, 1.82) is 0 Å². The second-order valence-electron chi connectivity index (χ2n) is 6.98. The summed E-state index contributed by atoms with van der Waals surface area (Å²) in [5, 5.41) is 3.09. The fourth-order valence-corrected chi connectivity index (χ4v) is 4.40. The zero-order valence-corrected chi connectivity index (χ0v) is 14.9. The fraction of sp³-hybridized carbons (Fsp3) is 0.421. The van der Waals surface area contributed by atoms with E-state index < -0.39 is 0 Å². The van der Waals surface area contributed by atoms with Crippen LogP contribution >= 0.6 is 0 Å². The highest BCUT2D eigenvalue weighted by Crippen LogP contribution is 2.46. The Hall–Kier alpha value is -2.70. The van der Waals surface area contributed by atoms with E-state index in [4.69, 9.17) is 0 Å². The molecule has 4 rings (SSSR count). The maximum absolute atomic E-state index is 13.8. The second-order valence-corrected chi connectivity index (χ2v) is 6.98. The second kappa shape index (κ2) is 6.55. The van der Waals surface area contributed by atoms with Crippen molar-refractivity contribution < 1.29 is 9.18 Å². The Balaban J connectivity index is 1.65. The minimum atomic E-state index is -0.268. The van der Waals surface area contributed by atoms with Crippen LogP contribution in [0.3, 0.4) is 0 Å². The summed E-state index contributed by atoms with van der Waals surface area (Å²) in [6.45, 7) is 3.86. The number of hydrogen-bond acceptors (Lipinski definition) is 5. The number of rotatable bonds is 3. The zero-order chi connectivity index (χ0) is 18.3. The Morgan fingerprint density at radius 1 is 1.23 bits per heavy atom. The van der Waals surface area contributed by atoms with Gasteiger partial charge in [0.1, 0.15) is 5.82 Å². The maximum Gasteiger partial charge on any atom is 0.219 e. The number of amides is 1. The molecule has 0 bridgehead atoms. The number of benzene rings is 1. The molecule has 0 spiro atoms. The topological polar surface area (TPSA) is 61.4 Å². The zero-order valence-electron chi connectivity index (χ0n) is 14.9. The standard InChI is InChI=1S/C19H22FN5O/c1-12(26)25-10-14-9-24(19-18(21-2)22-6-7-23-19)11-16(14)17(25)13-4-3-5-15(20)8-13/h3-8,14,16-17H,9-11H2,1-2H3,(H,21,22)/t14-,16-,17+/m1/s1. The van der Waals surface area contributed by atoms with Crippen LogP contribution in [0.2, 0.25) is 0 Å². The Kier molecular flexibility index (Phi) is 4.22. The van der Waals surface area contributed by atoms with Crippen molar-refractivity contribution in [3.05, 3.63) is 48.0 Å². The number of carbonyl (C=O) groups excluding carboxylic acids is 1. The average Bonchev–Trinajstić information content (AvgIpc) is 3.19. The Morgan fingerprint density at radius 3 is 2.77 bits per heavy atom. The molecule has 26 heavy (non-hydrogen) atoms. The van der Waals surface area contributed by atoms with Gasteiger partial charge in [-0.2, -0.15) is 0 Å². The molecule has 2 aliphatic rings. The summed E-state index contributed by atoms with van der Waals surface area (Å²) >= 11 is 0. The van der Waals surface area contributed by atoms with Crippen LogP contribution in [0.4, 0.5) is 16.0 Å². The fourth-order valence-electron chi connectivity index (χ4n) is 4.40. The van der Waals surface area contributed by atoms with Crippen molar-refractivity contribution in [3.8, 4) is 0 Å². The summed E-state index contributed by atoms with van der Waals surface area (Å²) in [6.07, 6.45) is 3.36. The van der Waals surface area contributed by atoms with Gasteiger partial charge >= 0.3 is 0 Å². The van der Waals surface area contributed by atoms with Gasteiger partial charge in [0, 0.05) is 57.8 Å². The number of carbonyl (C=O) groups is 1. The lowest BCUT2D eigenvalue weighted by molar-refractivity contribution is -0.130. The lowest BCUT2D eigenvalue weighted by Crippen LogP contribution is -2.34. The quantitative estimate of drug-likeness (QED) is 0.916. The number of hydrogen-bond donors (Lipinski definition) is 1. The molecule has 1 aromatic heterocycles. The Morgan fingerprint density at radius 2 is 2.04 bits per heavy atom. The van der Waals surface area contributed by atoms with Crippen molar-refractivity contribution >= 4 is 17.5 Å². The molecule has 2 saturated heterocycles. The monoisotopic (exact) mass is 355 g/mol. The van der Waals surface area contributed by atoms with Gasteiger partial charge in [-0.15, -0.1) is 0 Å². The first-order chi connectivity index (χ1) is 12.6. The van der Waals surface area contributed by atoms with E-state index in [1.807, 2.05) is 18.0 Å². The minimum Gasteiger partial charge on any atom is -0.370 e. The van der Waals surface area contributed by atoms with E-state index in [0.717, 1.165) is 30.3 Å². The van der Waals surface area contributed by atoms with Gasteiger partial charge in [-0.1, -0.05) is 12.1 Å². The van der Waals surface area contributed by atoms with Crippen LogP contribution in [0.1, 0.15) is 18.5 Å². The third-order valence-corrected chi connectivity index (χ3v) is 5.47. The third-order valence-electron chi connectivity index (χ3n) is 5.47. The molecule has 3 atom stereocenters. The average molecular weight is 355 g/mol. The Bertz CT molecular complexity index is 829. The highest BCUT2D eigenvalue weighted by molar-refractivity contribution is 5.74. The molecule has 2 fully saturated rings. The van der Waals surface area contributed by atoms with Crippen molar-refractivity contribution in [1.82, 2.24) is 14.9 Å². The van der Waals surface area contributed by atoms with Crippen LogP contribution < -0.4 is 10.2 Å². The van der Waals surface area contributed by atoms with Crippen molar-refractivity contribution in [3.63, 3.8) is 0 Å². The van der Waals surface area contributed by atoms with E-state index in [1.54, 1.807) is 31.5 Å². The number of anilines is 2. The van der Waals surface area contributed by atoms with Gasteiger partial charge in [-0.25, -0.2) is 14.4 Å². The van der Waals surface area contributed by atoms with Crippen LogP contribution in [-0.4, -0.2) is 47.5 Å². The van der Waals surface area contributed by atoms with Gasteiger partial charge in [0.05, 0.1) is 6.04 Å². The molecule has 1 aromatic carbocycles. The van der Waals surface area contributed by atoms with Gasteiger partial charge in [0.15, 0.2) is 11.6 Å². The molecule has 1 N–H and O–H groups in total. The van der Waals surface area contributed by atoms with Crippen LogP contribution in [0, 0.1) is 17.7 Å². The lowest BCUT2D eigenvalue weighted by atomic mass is 9.89. The molecule has 0 radical (unpaired) electrons. The number of halogens is 1. The first-order valence-corrected chi connectivity index (χ1v) is 8.85. The van der Waals surface area contributed by atoms with Gasteiger partial charge in [-0.3, -0.25) is 4.79 Å². The summed E-state index contributed by atoms with van der Waals surface area (Å²) < 4.78 is 13.8. The third kappa shape index (κ3) is 2.77. The molecule has 0 aliphatic carbocycles. The van der Waals surface area contributed by atoms with Crippen molar-refractivity contribution in [2.45, 2.75) is 13.0 Å². The summed E-state index contributed by atoms with van der Waals surface area (Å²) in [5.41, 5.74) is 0.863. The smallest absolute Gasteiger partial charge is 0.219 e. The van der Waals surface area contributed by atoms with Crippen LogP contribution in [0.25, 0.3) is 0 Å². The van der Waals surface area contributed by atoms with E-state index in [0.29, 0.717) is 12.5 Å². The van der Waals surface area contributed by atoms with Crippen LogP contribution in [0.5, 0.6) is 0 Å². The number of aromatic nitrogens is 2. The number of fused-ring (bicyclic) bond motifs is 1. The Labute approximate surface area is 152 Å². The summed E-state index contributed by atoms with van der Waals surface area (Å²) in [5.74, 6) is 1.92. The molecule has 1 amide bonds. The molecule has 3 heterocycles. The summed E-state index contributed by atoms with van der Waals surface area (Å²) in [6, 6.07) is 6.51. The molecular formula is C19H22FN5O. The molecule has 6 nitrogen and oxygen atoms in total. The van der Waals surface area contributed by atoms with E-state index in [9.17, 15) is 9.18 Å². The summed E-state index contributed by atoms with van der Waals surface area (Å²) in [4.78, 5) is 25.1. The van der Waals surface area contributed by atoms with Gasteiger partial charge in [-0.05, 0) is 17.7 Å². The number of nitrogens with zero attached hydrogens (tertiary/aromatic N) is 4. The maximum atomic E-state index is 13.8. The lowest BCUT2D eigenvalue weighted by Gasteiger charge is -2.29. The van der Waals surface area contributed by atoms with E-state index in [1.165, 1.54) is 6.07 Å². The predicted octanol–water partition coefficient (Wildman–Crippen LogP) is 2.31. The largest absolute Gasteiger partial charge is 0.370 e. The first kappa shape index (κ1) is 16.8. The highest BCUT2D eigenvalue weighted by atomic mass is 19.1. The molecule has 0 saturated carbocycles. The van der Waals surface area contributed by atoms with Gasteiger partial charge in [0.25, 0.3) is 0 Å². The van der Waals surface area contributed by atoms with E-state index in [-0.39, 0.29) is 23.7 Å². The van der Waals surface area contributed by atoms with Gasteiger partial charge in [0.2, 0.25) is 5.91 Å². The van der Waals surface area contributed by atoms with Crippen LogP contribution in [-0.2, 0) is 4.79 Å².